The van der Waals surface area contributed by atoms with Crippen LogP contribution >= 0.6 is 0 Å². The first-order valence-electron chi connectivity index (χ1n) is 7.23. The SMILES string of the molecule is COc1ccc2c(NCCCCCO)nc(C(F)(F)F)nc2c1. The maximum atomic E-state index is 13.0. The average Bonchev–Trinajstić information content (AvgIpc) is 2.52. The zero-order valence-electron chi connectivity index (χ0n) is 12.7. The molecule has 0 spiro atoms. The smallest absolute Gasteiger partial charge is 0.451 e. The number of alkyl halides is 3. The predicted octanol–water partition coefficient (Wildman–Crippen LogP) is 3.23. The van der Waals surface area contributed by atoms with Gasteiger partial charge in [-0.2, -0.15) is 13.2 Å². The first-order valence-corrected chi connectivity index (χ1v) is 7.23. The van der Waals surface area contributed by atoms with E-state index in [1.54, 1.807) is 12.1 Å². The van der Waals surface area contributed by atoms with Gasteiger partial charge in [0, 0.05) is 24.6 Å². The number of aliphatic hydroxyl groups is 1. The third-order valence-corrected chi connectivity index (χ3v) is 3.28. The van der Waals surface area contributed by atoms with Gasteiger partial charge in [0.15, 0.2) is 0 Å². The minimum atomic E-state index is -4.62. The van der Waals surface area contributed by atoms with Crippen LogP contribution in [0.1, 0.15) is 25.1 Å². The van der Waals surface area contributed by atoms with Gasteiger partial charge in [-0.3, -0.25) is 0 Å². The lowest BCUT2D eigenvalue weighted by Gasteiger charge is -2.13. The van der Waals surface area contributed by atoms with E-state index in [1.807, 2.05) is 0 Å². The minimum Gasteiger partial charge on any atom is -0.497 e. The van der Waals surface area contributed by atoms with Crippen LogP contribution in [0.3, 0.4) is 0 Å². The number of aliphatic hydroxyl groups excluding tert-OH is 1. The Bertz CT molecular complexity index is 662. The van der Waals surface area contributed by atoms with E-state index in [2.05, 4.69) is 15.3 Å². The normalized spacial score (nSPS) is 11.7. The Morgan fingerprint density at radius 2 is 1.96 bits per heavy atom. The Kier molecular flexibility index (Phi) is 5.59. The number of hydrogen-bond donors (Lipinski definition) is 2. The molecule has 2 rings (SSSR count). The zero-order chi connectivity index (χ0) is 16.9. The molecule has 0 atom stereocenters. The summed E-state index contributed by atoms with van der Waals surface area (Å²) in [6.07, 6.45) is -2.45. The van der Waals surface area contributed by atoms with Gasteiger partial charge in [-0.25, -0.2) is 9.97 Å². The van der Waals surface area contributed by atoms with E-state index in [-0.39, 0.29) is 17.9 Å². The van der Waals surface area contributed by atoms with E-state index in [0.717, 1.165) is 12.8 Å². The van der Waals surface area contributed by atoms with Crippen LogP contribution in [0.15, 0.2) is 18.2 Å². The lowest BCUT2D eigenvalue weighted by atomic mass is 10.2. The average molecular weight is 329 g/mol. The van der Waals surface area contributed by atoms with Crippen molar-refractivity contribution in [3.05, 3.63) is 24.0 Å². The maximum Gasteiger partial charge on any atom is 0.451 e. The van der Waals surface area contributed by atoms with E-state index in [1.165, 1.54) is 13.2 Å². The highest BCUT2D eigenvalue weighted by atomic mass is 19.4. The van der Waals surface area contributed by atoms with Crippen LogP contribution in [0.5, 0.6) is 5.75 Å². The van der Waals surface area contributed by atoms with Crippen LogP contribution in [0.25, 0.3) is 10.9 Å². The molecule has 0 aliphatic carbocycles. The number of halogens is 3. The van der Waals surface area contributed by atoms with Crippen LogP contribution in [0.2, 0.25) is 0 Å². The molecule has 0 aliphatic rings. The topological polar surface area (TPSA) is 67.3 Å². The largest absolute Gasteiger partial charge is 0.497 e. The summed E-state index contributed by atoms with van der Waals surface area (Å²) in [5.74, 6) is -0.608. The van der Waals surface area contributed by atoms with E-state index in [9.17, 15) is 13.2 Å². The number of fused-ring (bicyclic) bond motifs is 1. The molecule has 5 nitrogen and oxygen atoms in total. The van der Waals surface area contributed by atoms with Crippen LogP contribution in [-0.2, 0) is 6.18 Å². The fourth-order valence-corrected chi connectivity index (χ4v) is 2.12. The summed E-state index contributed by atoms with van der Waals surface area (Å²) in [5.41, 5.74) is 0.171. The lowest BCUT2D eigenvalue weighted by molar-refractivity contribution is -0.144. The summed E-state index contributed by atoms with van der Waals surface area (Å²) in [6, 6.07) is 4.73. The van der Waals surface area contributed by atoms with Gasteiger partial charge in [0.25, 0.3) is 0 Å². The number of benzene rings is 1. The molecule has 23 heavy (non-hydrogen) atoms. The molecule has 1 heterocycles. The highest BCUT2D eigenvalue weighted by Crippen LogP contribution is 2.31. The van der Waals surface area contributed by atoms with Gasteiger partial charge in [0.2, 0.25) is 5.82 Å². The fourth-order valence-electron chi connectivity index (χ4n) is 2.12. The van der Waals surface area contributed by atoms with Crippen molar-refractivity contribution < 1.29 is 23.0 Å². The summed E-state index contributed by atoms with van der Waals surface area (Å²) in [7, 11) is 1.44. The van der Waals surface area contributed by atoms with Gasteiger partial charge < -0.3 is 15.2 Å². The highest BCUT2D eigenvalue weighted by Gasteiger charge is 2.35. The van der Waals surface area contributed by atoms with E-state index in [4.69, 9.17) is 9.84 Å². The number of rotatable bonds is 7. The number of hydrogen-bond acceptors (Lipinski definition) is 5. The summed E-state index contributed by atoms with van der Waals surface area (Å²) < 4.78 is 43.9. The van der Waals surface area contributed by atoms with Gasteiger partial charge in [0.05, 0.1) is 12.6 Å². The van der Waals surface area contributed by atoms with Crippen molar-refractivity contribution in [2.75, 3.05) is 25.6 Å². The van der Waals surface area contributed by atoms with Crippen LogP contribution in [0.4, 0.5) is 19.0 Å². The van der Waals surface area contributed by atoms with Crippen molar-refractivity contribution in [1.82, 2.24) is 9.97 Å². The predicted molar refractivity (Wildman–Crippen MR) is 80.5 cm³/mol. The lowest BCUT2D eigenvalue weighted by Crippen LogP contribution is -2.14. The molecule has 1 aromatic carbocycles. The number of aromatic nitrogens is 2. The number of anilines is 1. The Labute approximate surface area is 131 Å². The Hall–Kier alpha value is -2.09. The number of ether oxygens (including phenoxy) is 1. The number of unbranched alkanes of at least 4 members (excludes halogenated alkanes) is 2. The second-order valence-corrected chi connectivity index (χ2v) is 4.99. The molecule has 0 bridgehead atoms. The summed E-state index contributed by atoms with van der Waals surface area (Å²) in [4.78, 5) is 7.19. The number of nitrogens with zero attached hydrogens (tertiary/aromatic N) is 2. The monoisotopic (exact) mass is 329 g/mol. The number of methoxy groups -OCH3 is 1. The van der Waals surface area contributed by atoms with Crippen LogP contribution < -0.4 is 10.1 Å². The van der Waals surface area contributed by atoms with Crippen LogP contribution in [-0.4, -0.2) is 35.3 Å². The molecule has 126 valence electrons. The van der Waals surface area contributed by atoms with Crippen LogP contribution in [0, 0.1) is 0 Å². The van der Waals surface area contributed by atoms with Crippen molar-refractivity contribution >= 4 is 16.7 Å². The molecule has 1 aromatic heterocycles. The molecular formula is C15H18F3N3O2. The number of nitrogens with one attached hydrogen (secondary N) is 1. The van der Waals surface area contributed by atoms with Crippen molar-refractivity contribution in [3.8, 4) is 5.75 Å². The standard InChI is InChI=1S/C15H18F3N3O2/c1-23-10-5-6-11-12(9-10)20-14(15(16,17)18)21-13(11)19-7-3-2-4-8-22/h5-6,9,22H,2-4,7-8H2,1H3,(H,19,20,21). The molecule has 0 unspecified atom stereocenters. The summed E-state index contributed by atoms with van der Waals surface area (Å²) >= 11 is 0. The molecule has 0 aliphatic heterocycles. The highest BCUT2D eigenvalue weighted by molar-refractivity contribution is 5.90. The Morgan fingerprint density at radius 3 is 2.61 bits per heavy atom. The van der Waals surface area contributed by atoms with Crippen molar-refractivity contribution in [2.24, 2.45) is 0 Å². The van der Waals surface area contributed by atoms with E-state index in [0.29, 0.717) is 24.1 Å². The first-order chi connectivity index (χ1) is 11.0. The third-order valence-electron chi connectivity index (χ3n) is 3.28. The summed E-state index contributed by atoms with van der Waals surface area (Å²) in [6.45, 7) is 0.573. The second kappa shape index (κ2) is 7.45. The van der Waals surface area contributed by atoms with Crippen molar-refractivity contribution in [3.63, 3.8) is 0 Å². The maximum absolute atomic E-state index is 13.0. The van der Waals surface area contributed by atoms with Gasteiger partial charge in [-0.05, 0) is 31.4 Å². The zero-order valence-corrected chi connectivity index (χ0v) is 12.7. The molecule has 0 radical (unpaired) electrons. The van der Waals surface area contributed by atoms with E-state index < -0.39 is 12.0 Å². The molecule has 8 heteroatoms. The molecule has 2 N–H and O–H groups in total. The Balaban J connectivity index is 2.32. The van der Waals surface area contributed by atoms with E-state index >= 15 is 0 Å². The molecule has 0 saturated heterocycles. The molecule has 2 aromatic rings. The first kappa shape index (κ1) is 17.3. The summed E-state index contributed by atoms with van der Waals surface area (Å²) in [5, 5.41) is 12.1. The molecular weight excluding hydrogens is 311 g/mol. The molecule has 0 saturated carbocycles. The fraction of sp³-hybridized carbons (Fsp3) is 0.467. The quantitative estimate of drug-likeness (QED) is 0.764. The van der Waals surface area contributed by atoms with Gasteiger partial charge in [0.1, 0.15) is 11.6 Å². The van der Waals surface area contributed by atoms with Gasteiger partial charge in [-0.15, -0.1) is 0 Å². The van der Waals surface area contributed by atoms with Crippen molar-refractivity contribution in [1.29, 1.82) is 0 Å². The Morgan fingerprint density at radius 1 is 1.17 bits per heavy atom. The third kappa shape index (κ3) is 4.44. The molecule has 0 amide bonds. The molecule has 0 fully saturated rings. The minimum absolute atomic E-state index is 0.106. The van der Waals surface area contributed by atoms with Gasteiger partial charge >= 0.3 is 6.18 Å². The van der Waals surface area contributed by atoms with Gasteiger partial charge in [-0.1, -0.05) is 0 Å². The second-order valence-electron chi connectivity index (χ2n) is 4.99. The van der Waals surface area contributed by atoms with Crippen molar-refractivity contribution in [2.45, 2.75) is 25.4 Å².